The number of methoxy groups -OCH3 is 1. The Bertz CT molecular complexity index is 734. The summed E-state index contributed by atoms with van der Waals surface area (Å²) < 4.78 is 4.92. The third-order valence-electron chi connectivity index (χ3n) is 7.93. The Morgan fingerprint density at radius 3 is 2.50 bits per heavy atom. The molecule has 9 heteroatoms. The third-order valence-corrected chi connectivity index (χ3v) is 8.37. The van der Waals surface area contributed by atoms with Gasteiger partial charge in [-0.05, 0) is 64.8 Å². The van der Waals surface area contributed by atoms with Gasteiger partial charge in [0.25, 0.3) is 5.91 Å². The molecule has 0 bridgehead atoms. The monoisotopic (exact) mass is 468 g/mol. The second-order valence-corrected chi connectivity index (χ2v) is 10.9. The Kier molecular flexibility index (Phi) is 7.03. The van der Waals surface area contributed by atoms with Gasteiger partial charge in [-0.1, -0.05) is 0 Å². The number of piperazine rings is 1. The lowest BCUT2D eigenvalue weighted by Crippen LogP contribution is -2.82. The lowest BCUT2D eigenvalue weighted by Gasteiger charge is -2.61. The van der Waals surface area contributed by atoms with Crippen LogP contribution in [0.3, 0.4) is 0 Å². The van der Waals surface area contributed by atoms with Gasteiger partial charge in [-0.2, -0.15) is 0 Å². The van der Waals surface area contributed by atoms with Gasteiger partial charge < -0.3 is 19.9 Å². The van der Waals surface area contributed by atoms with Crippen molar-refractivity contribution in [3.05, 3.63) is 0 Å². The highest BCUT2D eigenvalue weighted by atomic mass is 35.5. The minimum absolute atomic E-state index is 0.00574. The molecule has 2 unspecified atom stereocenters. The molecule has 1 saturated carbocycles. The summed E-state index contributed by atoms with van der Waals surface area (Å²) in [6.07, 6.45) is 5.55. The van der Waals surface area contributed by atoms with Crippen molar-refractivity contribution in [2.45, 2.75) is 81.4 Å². The van der Waals surface area contributed by atoms with Crippen LogP contribution in [-0.2, 0) is 19.1 Å². The van der Waals surface area contributed by atoms with Crippen molar-refractivity contribution >= 4 is 29.4 Å². The third kappa shape index (κ3) is 4.38. The smallest absolute Gasteiger partial charge is 0.322 e. The molecule has 3 aliphatic heterocycles. The number of hydrogen-bond donors (Lipinski definition) is 1. The van der Waals surface area contributed by atoms with Crippen LogP contribution in [0.2, 0.25) is 0 Å². The fraction of sp³-hybridized carbons (Fsp3) is 0.870. The van der Waals surface area contributed by atoms with Gasteiger partial charge in [0.05, 0.1) is 7.11 Å². The van der Waals surface area contributed by atoms with Crippen LogP contribution < -0.4 is 5.32 Å². The molecular formula is C23H37ClN4O4. The Labute approximate surface area is 195 Å². The summed E-state index contributed by atoms with van der Waals surface area (Å²) in [5.41, 5.74) is -0.775. The summed E-state index contributed by atoms with van der Waals surface area (Å²) in [5.74, 6) is 0.300. The van der Waals surface area contributed by atoms with Gasteiger partial charge in [-0.15, -0.1) is 11.6 Å². The summed E-state index contributed by atoms with van der Waals surface area (Å²) in [5, 5.41) is 3.46. The Morgan fingerprint density at radius 1 is 1.19 bits per heavy atom. The molecule has 3 heterocycles. The molecule has 1 N–H and O–H groups in total. The van der Waals surface area contributed by atoms with E-state index in [9.17, 15) is 14.4 Å². The zero-order chi connectivity index (χ0) is 23.0. The Balaban J connectivity index is 1.49. The van der Waals surface area contributed by atoms with E-state index in [4.69, 9.17) is 16.3 Å². The zero-order valence-corrected chi connectivity index (χ0v) is 20.3. The molecule has 0 aromatic rings. The quantitative estimate of drug-likeness (QED) is 0.482. The number of ether oxygens (including phenoxy) is 1. The number of alkyl halides is 1. The van der Waals surface area contributed by atoms with Gasteiger partial charge >= 0.3 is 5.97 Å². The molecule has 4 fully saturated rings. The lowest BCUT2D eigenvalue weighted by atomic mass is 9.79. The molecule has 3 saturated heterocycles. The number of piperidine rings is 1. The molecular weight excluding hydrogens is 432 g/mol. The molecule has 4 aliphatic rings. The molecule has 0 aromatic heterocycles. The summed E-state index contributed by atoms with van der Waals surface area (Å²) in [4.78, 5) is 44.9. The van der Waals surface area contributed by atoms with E-state index >= 15 is 0 Å². The van der Waals surface area contributed by atoms with Crippen LogP contribution in [0.4, 0.5) is 0 Å². The van der Waals surface area contributed by atoms with Crippen molar-refractivity contribution < 1.29 is 19.1 Å². The van der Waals surface area contributed by atoms with Crippen molar-refractivity contribution in [1.82, 2.24) is 20.0 Å². The Morgan fingerprint density at radius 2 is 1.88 bits per heavy atom. The van der Waals surface area contributed by atoms with E-state index in [-0.39, 0.29) is 47.8 Å². The van der Waals surface area contributed by atoms with E-state index in [2.05, 4.69) is 10.2 Å². The maximum atomic E-state index is 13.7. The number of rotatable bonds is 5. The summed E-state index contributed by atoms with van der Waals surface area (Å²) in [6.45, 7) is 6.59. The fourth-order valence-corrected chi connectivity index (χ4v) is 6.17. The van der Waals surface area contributed by atoms with Crippen LogP contribution in [0.1, 0.15) is 52.4 Å². The fourth-order valence-electron chi connectivity index (χ4n) is 5.92. The topological polar surface area (TPSA) is 82.2 Å². The zero-order valence-electron chi connectivity index (χ0n) is 19.5. The maximum Gasteiger partial charge on any atom is 0.322 e. The minimum atomic E-state index is -0.775. The number of likely N-dealkylation sites (tertiary alicyclic amines) is 1. The standard InChI is InChI=1S/C23H37ClN4O4/c1-15(2)27-12-20(29)28(11-16-4-6-17(24)7-5-16)23(22(27)31)13-26(14-23)18-8-9-25-19(10-18)21(30)32-3/h15-19,25H,4-14H2,1-3H3. The molecule has 32 heavy (non-hydrogen) atoms. The van der Waals surface area contributed by atoms with E-state index in [0.29, 0.717) is 32.0 Å². The molecule has 1 spiro atoms. The van der Waals surface area contributed by atoms with Gasteiger partial charge in [-0.3, -0.25) is 19.3 Å². The van der Waals surface area contributed by atoms with Crippen molar-refractivity contribution in [2.75, 3.05) is 39.8 Å². The molecule has 4 rings (SSSR count). The van der Waals surface area contributed by atoms with Gasteiger partial charge in [0.2, 0.25) is 5.91 Å². The normalized spacial score (nSPS) is 33.5. The molecule has 180 valence electrons. The summed E-state index contributed by atoms with van der Waals surface area (Å²) >= 11 is 6.29. The molecule has 2 amide bonds. The van der Waals surface area contributed by atoms with E-state index in [0.717, 1.165) is 38.6 Å². The second-order valence-electron chi connectivity index (χ2n) is 10.3. The van der Waals surface area contributed by atoms with Crippen LogP contribution in [0.15, 0.2) is 0 Å². The van der Waals surface area contributed by atoms with Gasteiger partial charge in [0, 0.05) is 37.1 Å². The lowest BCUT2D eigenvalue weighted by molar-refractivity contribution is -0.185. The first-order valence-electron chi connectivity index (χ1n) is 12.1. The largest absolute Gasteiger partial charge is 0.468 e. The van der Waals surface area contributed by atoms with Crippen LogP contribution in [-0.4, -0.2) is 101 Å². The molecule has 2 atom stereocenters. The number of amides is 2. The van der Waals surface area contributed by atoms with Crippen molar-refractivity contribution in [3.8, 4) is 0 Å². The Hall–Kier alpha value is -1.38. The number of nitrogens with zero attached hydrogens (tertiary/aromatic N) is 3. The number of nitrogens with one attached hydrogen (secondary N) is 1. The van der Waals surface area contributed by atoms with Gasteiger partial charge in [0.15, 0.2) is 0 Å². The van der Waals surface area contributed by atoms with Crippen molar-refractivity contribution in [1.29, 1.82) is 0 Å². The number of esters is 1. The van der Waals surface area contributed by atoms with Crippen molar-refractivity contribution in [3.63, 3.8) is 0 Å². The number of hydrogen-bond acceptors (Lipinski definition) is 6. The average Bonchev–Trinajstić information content (AvgIpc) is 2.75. The molecule has 0 aromatic carbocycles. The van der Waals surface area contributed by atoms with E-state index in [1.54, 1.807) is 4.90 Å². The highest BCUT2D eigenvalue weighted by molar-refractivity contribution is 6.20. The van der Waals surface area contributed by atoms with Gasteiger partial charge in [-0.25, -0.2) is 0 Å². The summed E-state index contributed by atoms with van der Waals surface area (Å²) in [7, 11) is 1.41. The first-order chi connectivity index (χ1) is 15.2. The number of carbonyl (C=O) groups excluding carboxylic acids is 3. The summed E-state index contributed by atoms with van der Waals surface area (Å²) in [6, 6.07) is -0.112. The molecule has 8 nitrogen and oxygen atoms in total. The average molecular weight is 469 g/mol. The van der Waals surface area contributed by atoms with E-state index in [1.807, 2.05) is 18.7 Å². The van der Waals surface area contributed by atoms with Crippen molar-refractivity contribution in [2.24, 2.45) is 5.92 Å². The first-order valence-corrected chi connectivity index (χ1v) is 12.5. The predicted molar refractivity (Wildman–Crippen MR) is 121 cm³/mol. The van der Waals surface area contributed by atoms with Gasteiger partial charge in [0.1, 0.15) is 18.1 Å². The minimum Gasteiger partial charge on any atom is -0.468 e. The second kappa shape index (κ2) is 9.47. The van der Waals surface area contributed by atoms with Crippen LogP contribution in [0.5, 0.6) is 0 Å². The highest BCUT2D eigenvalue weighted by Crippen LogP contribution is 2.39. The SMILES string of the molecule is COC(=O)C1CC(N2CC3(C2)C(=O)N(C(C)C)CC(=O)N3CC2CCC(Cl)CC2)CCN1. The highest BCUT2D eigenvalue weighted by Gasteiger charge is 2.61. The van der Waals surface area contributed by atoms with E-state index in [1.165, 1.54) is 7.11 Å². The number of carbonyl (C=O) groups is 3. The van der Waals surface area contributed by atoms with E-state index < -0.39 is 5.54 Å². The van der Waals surface area contributed by atoms with Crippen LogP contribution in [0, 0.1) is 5.92 Å². The van der Waals surface area contributed by atoms with Crippen LogP contribution >= 0.6 is 11.6 Å². The molecule has 0 radical (unpaired) electrons. The molecule has 1 aliphatic carbocycles. The number of halogens is 1. The van der Waals surface area contributed by atoms with Crippen LogP contribution in [0.25, 0.3) is 0 Å². The first kappa shape index (κ1) is 23.8. The maximum absolute atomic E-state index is 13.7. The predicted octanol–water partition coefficient (Wildman–Crippen LogP) is 1.21.